The zero-order chi connectivity index (χ0) is 21.5. The molecule has 0 saturated heterocycles. The SMILES string of the molecule is CCCCn1ncnc1C1c2n[nH]c(=O)c3cc(F)cc(c23)NC1c1ccc(F)cc1. The van der Waals surface area contributed by atoms with Gasteiger partial charge < -0.3 is 5.32 Å². The van der Waals surface area contributed by atoms with Crippen molar-refractivity contribution in [2.45, 2.75) is 38.3 Å². The predicted octanol–water partition coefficient (Wildman–Crippen LogP) is 3.89. The molecule has 2 aromatic carbocycles. The van der Waals surface area contributed by atoms with E-state index in [4.69, 9.17) is 0 Å². The second-order valence-electron chi connectivity index (χ2n) is 7.66. The van der Waals surface area contributed by atoms with Crippen LogP contribution in [-0.2, 0) is 6.54 Å². The van der Waals surface area contributed by atoms with Crippen molar-refractivity contribution in [2.24, 2.45) is 0 Å². The standard InChI is InChI=1S/C22H20F2N6O/c1-2-3-8-30-21(25-11-26-30)18-19(12-4-6-13(23)7-5-12)27-16-10-14(24)9-15-17(16)20(18)28-29-22(15)31/h4-7,9-11,18-19,27H,2-3,8H2,1H3,(H,29,31). The topological polar surface area (TPSA) is 88.5 Å². The van der Waals surface area contributed by atoms with Crippen LogP contribution in [0.1, 0.15) is 48.8 Å². The third-order valence-electron chi connectivity index (χ3n) is 5.70. The van der Waals surface area contributed by atoms with E-state index in [-0.39, 0.29) is 11.2 Å². The van der Waals surface area contributed by atoms with E-state index in [9.17, 15) is 13.6 Å². The molecule has 0 spiro atoms. The van der Waals surface area contributed by atoms with E-state index in [1.807, 2.05) is 4.68 Å². The summed E-state index contributed by atoms with van der Waals surface area (Å²) in [6.45, 7) is 2.78. The van der Waals surface area contributed by atoms with Crippen molar-refractivity contribution in [3.8, 4) is 0 Å². The van der Waals surface area contributed by atoms with E-state index >= 15 is 0 Å². The maximum Gasteiger partial charge on any atom is 0.272 e. The first kappa shape index (κ1) is 19.3. The van der Waals surface area contributed by atoms with Gasteiger partial charge in [0, 0.05) is 17.6 Å². The summed E-state index contributed by atoms with van der Waals surface area (Å²) in [7, 11) is 0. The summed E-state index contributed by atoms with van der Waals surface area (Å²) in [5.41, 5.74) is 1.36. The van der Waals surface area contributed by atoms with Gasteiger partial charge in [0.05, 0.1) is 23.0 Å². The minimum absolute atomic E-state index is 0.217. The zero-order valence-corrected chi connectivity index (χ0v) is 16.8. The third-order valence-corrected chi connectivity index (χ3v) is 5.70. The number of hydrogen-bond donors (Lipinski definition) is 2. The molecule has 1 aliphatic heterocycles. The van der Waals surface area contributed by atoms with Crippen LogP contribution in [0.25, 0.3) is 10.8 Å². The smallest absolute Gasteiger partial charge is 0.272 e. The van der Waals surface area contributed by atoms with Gasteiger partial charge in [0.15, 0.2) is 0 Å². The Morgan fingerprint density at radius 3 is 2.71 bits per heavy atom. The molecule has 0 fully saturated rings. The fourth-order valence-corrected chi connectivity index (χ4v) is 4.25. The Morgan fingerprint density at radius 2 is 1.94 bits per heavy atom. The van der Waals surface area contributed by atoms with Crippen LogP contribution in [-0.4, -0.2) is 25.0 Å². The predicted molar refractivity (Wildman–Crippen MR) is 112 cm³/mol. The van der Waals surface area contributed by atoms with Crippen LogP contribution in [0.3, 0.4) is 0 Å². The molecule has 3 heterocycles. The van der Waals surface area contributed by atoms with E-state index in [0.29, 0.717) is 29.1 Å². The molecule has 0 radical (unpaired) electrons. The van der Waals surface area contributed by atoms with Crippen LogP contribution in [0.15, 0.2) is 47.5 Å². The Kier molecular flexibility index (Phi) is 4.72. The lowest BCUT2D eigenvalue weighted by Gasteiger charge is -2.34. The molecule has 2 N–H and O–H groups in total. The lowest BCUT2D eigenvalue weighted by Crippen LogP contribution is -2.30. The molecular weight excluding hydrogens is 402 g/mol. The van der Waals surface area contributed by atoms with Crippen LogP contribution in [0.5, 0.6) is 0 Å². The summed E-state index contributed by atoms with van der Waals surface area (Å²) in [5, 5.41) is 15.4. The van der Waals surface area contributed by atoms with Crippen molar-refractivity contribution in [3.63, 3.8) is 0 Å². The van der Waals surface area contributed by atoms with Gasteiger partial charge in [0.2, 0.25) is 0 Å². The van der Waals surface area contributed by atoms with Gasteiger partial charge in [0.25, 0.3) is 5.56 Å². The highest BCUT2D eigenvalue weighted by atomic mass is 19.1. The van der Waals surface area contributed by atoms with Crippen molar-refractivity contribution >= 4 is 16.5 Å². The third kappa shape index (κ3) is 3.26. The number of aromatic amines is 1. The first-order chi connectivity index (χ1) is 15.1. The summed E-state index contributed by atoms with van der Waals surface area (Å²) in [6.07, 6.45) is 3.41. The number of rotatable bonds is 5. The van der Waals surface area contributed by atoms with Crippen molar-refractivity contribution in [3.05, 3.63) is 81.8 Å². The summed E-state index contributed by atoms with van der Waals surface area (Å²) < 4.78 is 29.7. The molecular formula is C22H20F2N6O. The molecule has 0 aliphatic carbocycles. The molecule has 0 bridgehead atoms. The van der Waals surface area contributed by atoms with Crippen LogP contribution in [0, 0.1) is 11.6 Å². The van der Waals surface area contributed by atoms with Crippen LogP contribution in [0.2, 0.25) is 0 Å². The first-order valence-corrected chi connectivity index (χ1v) is 10.2. The van der Waals surface area contributed by atoms with Crippen molar-refractivity contribution < 1.29 is 8.78 Å². The Morgan fingerprint density at radius 1 is 1.13 bits per heavy atom. The Balaban J connectivity index is 1.76. The molecule has 158 valence electrons. The molecule has 2 aromatic heterocycles. The van der Waals surface area contributed by atoms with Crippen LogP contribution in [0.4, 0.5) is 14.5 Å². The van der Waals surface area contributed by atoms with Gasteiger partial charge in [-0.25, -0.2) is 23.5 Å². The van der Waals surface area contributed by atoms with Crippen LogP contribution < -0.4 is 10.9 Å². The summed E-state index contributed by atoms with van der Waals surface area (Å²) in [5.74, 6) is -0.633. The molecule has 9 heteroatoms. The molecule has 5 rings (SSSR count). The molecule has 1 aliphatic rings. The maximum atomic E-state index is 14.3. The van der Waals surface area contributed by atoms with Crippen LogP contribution >= 0.6 is 0 Å². The lowest BCUT2D eigenvalue weighted by atomic mass is 9.83. The average Bonchev–Trinajstić information content (AvgIpc) is 3.22. The summed E-state index contributed by atoms with van der Waals surface area (Å²) in [4.78, 5) is 16.9. The lowest BCUT2D eigenvalue weighted by molar-refractivity contribution is 0.501. The van der Waals surface area contributed by atoms with Gasteiger partial charge in [-0.3, -0.25) is 4.79 Å². The highest BCUT2D eigenvalue weighted by Crippen LogP contribution is 2.45. The Labute approximate surface area is 176 Å². The van der Waals surface area contributed by atoms with Gasteiger partial charge in [-0.2, -0.15) is 10.2 Å². The number of nitrogens with zero attached hydrogens (tertiary/aromatic N) is 4. The Hall–Kier alpha value is -3.62. The number of anilines is 1. The molecule has 2 atom stereocenters. The number of unbranched alkanes of at least 4 members (excludes halogenated alkanes) is 1. The second kappa shape index (κ2) is 7.57. The molecule has 0 amide bonds. The quantitative estimate of drug-likeness (QED) is 0.509. The van der Waals surface area contributed by atoms with E-state index in [1.54, 1.807) is 12.1 Å². The molecule has 0 saturated carbocycles. The van der Waals surface area contributed by atoms with Crippen molar-refractivity contribution in [1.29, 1.82) is 0 Å². The van der Waals surface area contributed by atoms with Gasteiger partial charge in [0.1, 0.15) is 23.8 Å². The number of benzene rings is 2. The molecule has 2 unspecified atom stereocenters. The number of aryl methyl sites for hydroxylation is 1. The maximum absolute atomic E-state index is 14.3. The number of aromatic nitrogens is 5. The fraction of sp³-hybridized carbons (Fsp3) is 0.273. The van der Waals surface area contributed by atoms with E-state index in [1.165, 1.54) is 30.6 Å². The Bertz CT molecular complexity index is 1310. The largest absolute Gasteiger partial charge is 0.376 e. The number of halogens is 2. The van der Waals surface area contributed by atoms with Crippen molar-refractivity contribution in [2.75, 3.05) is 5.32 Å². The number of H-pyrrole nitrogens is 1. The molecule has 4 aromatic rings. The zero-order valence-electron chi connectivity index (χ0n) is 16.8. The minimum Gasteiger partial charge on any atom is -0.376 e. The highest BCUT2D eigenvalue weighted by molar-refractivity contribution is 5.97. The number of hydrogen-bond acceptors (Lipinski definition) is 5. The van der Waals surface area contributed by atoms with E-state index in [2.05, 4.69) is 32.5 Å². The fourth-order valence-electron chi connectivity index (χ4n) is 4.25. The minimum atomic E-state index is -0.528. The molecule has 31 heavy (non-hydrogen) atoms. The average molecular weight is 422 g/mol. The first-order valence-electron chi connectivity index (χ1n) is 10.2. The normalized spacial score (nSPS) is 17.6. The highest BCUT2D eigenvalue weighted by Gasteiger charge is 2.38. The van der Waals surface area contributed by atoms with Gasteiger partial charge in [-0.15, -0.1) is 0 Å². The van der Waals surface area contributed by atoms with Crippen molar-refractivity contribution in [1.82, 2.24) is 25.0 Å². The summed E-state index contributed by atoms with van der Waals surface area (Å²) >= 11 is 0. The molecule has 7 nitrogen and oxygen atoms in total. The monoisotopic (exact) mass is 422 g/mol. The second-order valence-corrected chi connectivity index (χ2v) is 7.66. The number of nitrogens with one attached hydrogen (secondary N) is 2. The van der Waals surface area contributed by atoms with Gasteiger partial charge in [-0.05, 0) is 36.2 Å². The van der Waals surface area contributed by atoms with Gasteiger partial charge in [-0.1, -0.05) is 25.5 Å². The summed E-state index contributed by atoms with van der Waals surface area (Å²) in [6, 6.07) is 8.27. The van der Waals surface area contributed by atoms with E-state index in [0.717, 1.165) is 18.4 Å². The van der Waals surface area contributed by atoms with E-state index < -0.39 is 23.3 Å². The van der Waals surface area contributed by atoms with Gasteiger partial charge >= 0.3 is 0 Å².